The number of carbonyl (C=O) groups is 3. The smallest absolute Gasteiger partial charge is 0.246 e. The number of hydrogen-bond donors (Lipinski definition) is 3. The van der Waals surface area contributed by atoms with Crippen molar-refractivity contribution in [2.75, 3.05) is 19.7 Å². The Morgan fingerprint density at radius 3 is 2.70 bits per heavy atom. The van der Waals surface area contributed by atoms with Crippen molar-refractivity contribution in [2.24, 2.45) is 11.8 Å². The summed E-state index contributed by atoms with van der Waals surface area (Å²) in [7, 11) is 0. The molecule has 2 unspecified atom stereocenters. The van der Waals surface area contributed by atoms with Gasteiger partial charge >= 0.3 is 0 Å². The molecule has 8 heteroatoms. The van der Waals surface area contributed by atoms with E-state index in [9.17, 15) is 19.5 Å². The minimum absolute atomic E-state index is 0.0395. The Bertz CT molecular complexity index is 816. The van der Waals surface area contributed by atoms with Crippen molar-refractivity contribution in [1.82, 2.24) is 15.5 Å². The average molecular weight is 415 g/mol. The monoisotopic (exact) mass is 415 g/mol. The van der Waals surface area contributed by atoms with E-state index in [1.165, 1.54) is 4.90 Å². The third kappa shape index (κ3) is 3.28. The lowest BCUT2D eigenvalue weighted by molar-refractivity contribution is -0.142. The van der Waals surface area contributed by atoms with Crippen LogP contribution in [0.1, 0.15) is 31.7 Å². The van der Waals surface area contributed by atoms with Crippen molar-refractivity contribution < 1.29 is 24.2 Å². The molecule has 0 aromatic heterocycles. The molecule has 3 N–H and O–H groups in total. The zero-order valence-corrected chi connectivity index (χ0v) is 17.2. The highest BCUT2D eigenvalue weighted by molar-refractivity contribution is 5.98. The molecule has 1 spiro atoms. The van der Waals surface area contributed by atoms with Gasteiger partial charge in [-0.05, 0) is 24.8 Å². The minimum Gasteiger partial charge on any atom is -0.395 e. The predicted molar refractivity (Wildman–Crippen MR) is 108 cm³/mol. The van der Waals surface area contributed by atoms with Crippen LogP contribution in [0, 0.1) is 11.8 Å². The van der Waals surface area contributed by atoms with Gasteiger partial charge in [-0.15, -0.1) is 0 Å². The average Bonchev–Trinajstić information content (AvgIpc) is 3.39. The Morgan fingerprint density at radius 2 is 2.00 bits per heavy atom. The number of β-amino-alcohol motifs (C(OH)–C–C–N with tert-alkyl or cyclic N) is 1. The number of amides is 3. The first kappa shape index (κ1) is 20.8. The number of aliphatic hydroxyl groups is 1. The standard InChI is InChI=1S/C22H29N3O5/c1-2-10-23-19(27)16-15-8-9-22(30-15)17(16)21(29)25(11-12-26)18(22)20(28)24-13-14-6-4-3-5-7-14/h3-7,15-18,26H,2,8-13H2,1H3,(H,23,27)(H,24,28)/t15-,16+,17-,18?,22?/m0/s1. The van der Waals surface area contributed by atoms with E-state index < -0.39 is 23.5 Å². The molecule has 30 heavy (non-hydrogen) atoms. The molecule has 3 amide bonds. The third-order valence-corrected chi connectivity index (χ3v) is 6.55. The molecule has 0 saturated carbocycles. The van der Waals surface area contributed by atoms with Gasteiger partial charge in [-0.1, -0.05) is 37.3 Å². The SMILES string of the molecule is CCCNC(=O)[C@@H]1[C@@H]2CCC3(O2)C(C(=O)NCc2ccccc2)N(CCO)C(=O)[C@H]13. The van der Waals surface area contributed by atoms with Crippen molar-refractivity contribution in [3.63, 3.8) is 0 Å². The number of benzene rings is 1. The van der Waals surface area contributed by atoms with E-state index in [1.54, 1.807) is 0 Å². The number of likely N-dealkylation sites (tertiary alicyclic amines) is 1. The number of fused-ring (bicyclic) bond motifs is 1. The molecule has 8 nitrogen and oxygen atoms in total. The van der Waals surface area contributed by atoms with Crippen LogP contribution in [0.15, 0.2) is 30.3 Å². The fourth-order valence-corrected chi connectivity index (χ4v) is 5.35. The van der Waals surface area contributed by atoms with Crippen LogP contribution in [0.2, 0.25) is 0 Å². The maximum atomic E-state index is 13.3. The summed E-state index contributed by atoms with van der Waals surface area (Å²) in [6.07, 6.45) is 1.64. The van der Waals surface area contributed by atoms with Gasteiger partial charge < -0.3 is 25.4 Å². The number of nitrogens with zero attached hydrogens (tertiary/aromatic N) is 1. The van der Waals surface area contributed by atoms with Crippen LogP contribution in [0.3, 0.4) is 0 Å². The van der Waals surface area contributed by atoms with Gasteiger partial charge in [-0.3, -0.25) is 14.4 Å². The molecular formula is C22H29N3O5. The van der Waals surface area contributed by atoms with Gasteiger partial charge in [0.15, 0.2) is 0 Å². The lowest BCUT2D eigenvalue weighted by atomic mass is 9.70. The maximum Gasteiger partial charge on any atom is 0.246 e. The molecule has 3 aliphatic heterocycles. The molecular weight excluding hydrogens is 386 g/mol. The summed E-state index contributed by atoms with van der Waals surface area (Å²) < 4.78 is 6.26. The van der Waals surface area contributed by atoms with Crippen molar-refractivity contribution in [2.45, 2.75) is 50.5 Å². The van der Waals surface area contributed by atoms with E-state index in [4.69, 9.17) is 4.74 Å². The van der Waals surface area contributed by atoms with Crippen molar-refractivity contribution in [3.05, 3.63) is 35.9 Å². The van der Waals surface area contributed by atoms with Gasteiger partial charge in [0.2, 0.25) is 17.7 Å². The third-order valence-electron chi connectivity index (χ3n) is 6.55. The highest BCUT2D eigenvalue weighted by Crippen LogP contribution is 2.58. The van der Waals surface area contributed by atoms with Crippen LogP contribution in [0.5, 0.6) is 0 Å². The quantitative estimate of drug-likeness (QED) is 0.562. The second-order valence-corrected chi connectivity index (χ2v) is 8.31. The first-order valence-corrected chi connectivity index (χ1v) is 10.7. The largest absolute Gasteiger partial charge is 0.395 e. The van der Waals surface area contributed by atoms with E-state index >= 15 is 0 Å². The van der Waals surface area contributed by atoms with Gasteiger partial charge in [0.05, 0.1) is 24.5 Å². The van der Waals surface area contributed by atoms with Gasteiger partial charge in [-0.25, -0.2) is 0 Å². The van der Waals surface area contributed by atoms with E-state index in [1.807, 2.05) is 37.3 Å². The molecule has 1 aromatic rings. The summed E-state index contributed by atoms with van der Waals surface area (Å²) in [5, 5.41) is 15.3. The summed E-state index contributed by atoms with van der Waals surface area (Å²) in [5.41, 5.74) is -0.0577. The molecule has 3 saturated heterocycles. The van der Waals surface area contributed by atoms with E-state index in [2.05, 4.69) is 10.6 Å². The number of hydrogen-bond acceptors (Lipinski definition) is 5. The molecule has 5 atom stereocenters. The number of rotatable bonds is 8. The Hall–Kier alpha value is -2.45. The molecule has 3 aliphatic rings. The zero-order chi connectivity index (χ0) is 21.3. The number of ether oxygens (including phenoxy) is 1. The lowest BCUT2D eigenvalue weighted by Gasteiger charge is -2.33. The van der Waals surface area contributed by atoms with Gasteiger partial charge in [0, 0.05) is 19.6 Å². The second-order valence-electron chi connectivity index (χ2n) is 8.31. The van der Waals surface area contributed by atoms with Crippen LogP contribution < -0.4 is 10.6 Å². The molecule has 3 fully saturated rings. The zero-order valence-electron chi connectivity index (χ0n) is 17.2. The van der Waals surface area contributed by atoms with Gasteiger partial charge in [-0.2, -0.15) is 0 Å². The Kier molecular flexibility index (Phi) is 5.79. The molecule has 4 rings (SSSR count). The Balaban J connectivity index is 1.59. The second kappa shape index (κ2) is 8.35. The number of nitrogens with one attached hydrogen (secondary N) is 2. The summed E-state index contributed by atoms with van der Waals surface area (Å²) >= 11 is 0. The van der Waals surface area contributed by atoms with E-state index in [0.717, 1.165) is 12.0 Å². The number of carbonyl (C=O) groups excluding carboxylic acids is 3. The van der Waals surface area contributed by atoms with Crippen LogP contribution in [-0.2, 0) is 25.7 Å². The lowest BCUT2D eigenvalue weighted by Crippen LogP contribution is -2.55. The van der Waals surface area contributed by atoms with Crippen LogP contribution in [0.4, 0.5) is 0 Å². The highest BCUT2D eigenvalue weighted by atomic mass is 16.5. The van der Waals surface area contributed by atoms with Crippen LogP contribution in [-0.4, -0.2) is 65.2 Å². The first-order valence-electron chi connectivity index (χ1n) is 10.7. The Morgan fingerprint density at radius 1 is 1.23 bits per heavy atom. The van der Waals surface area contributed by atoms with Gasteiger partial charge in [0.1, 0.15) is 11.6 Å². The fourth-order valence-electron chi connectivity index (χ4n) is 5.35. The summed E-state index contributed by atoms with van der Waals surface area (Å²) in [6.45, 7) is 2.63. The van der Waals surface area contributed by atoms with Crippen LogP contribution >= 0.6 is 0 Å². The van der Waals surface area contributed by atoms with Crippen molar-refractivity contribution in [1.29, 1.82) is 0 Å². The van der Waals surface area contributed by atoms with E-state index in [0.29, 0.717) is 25.9 Å². The molecule has 1 aromatic carbocycles. The summed E-state index contributed by atoms with van der Waals surface area (Å²) in [4.78, 5) is 40.8. The molecule has 3 heterocycles. The highest BCUT2D eigenvalue weighted by Gasteiger charge is 2.74. The van der Waals surface area contributed by atoms with Crippen molar-refractivity contribution >= 4 is 17.7 Å². The van der Waals surface area contributed by atoms with Crippen LogP contribution in [0.25, 0.3) is 0 Å². The Labute approximate surface area is 176 Å². The van der Waals surface area contributed by atoms with E-state index in [-0.39, 0.29) is 37.0 Å². The summed E-state index contributed by atoms with van der Waals surface area (Å²) in [5.74, 6) is -2.05. The fraction of sp³-hybridized carbons (Fsp3) is 0.591. The predicted octanol–water partition coefficient (Wildman–Crippen LogP) is 0.196. The summed E-state index contributed by atoms with van der Waals surface area (Å²) in [6, 6.07) is 8.68. The molecule has 0 aliphatic carbocycles. The topological polar surface area (TPSA) is 108 Å². The first-order chi connectivity index (χ1) is 14.5. The normalized spacial score (nSPS) is 31.7. The maximum absolute atomic E-state index is 13.3. The number of aliphatic hydroxyl groups excluding tert-OH is 1. The molecule has 162 valence electrons. The van der Waals surface area contributed by atoms with Gasteiger partial charge in [0.25, 0.3) is 0 Å². The molecule has 2 bridgehead atoms. The minimum atomic E-state index is -1.01. The van der Waals surface area contributed by atoms with Crippen molar-refractivity contribution in [3.8, 4) is 0 Å². The molecule has 0 radical (unpaired) electrons.